The molecule has 1 N–H and O–H groups in total. The van der Waals surface area contributed by atoms with Crippen molar-refractivity contribution in [3.05, 3.63) is 34.9 Å². The predicted molar refractivity (Wildman–Crippen MR) is 90.4 cm³/mol. The summed E-state index contributed by atoms with van der Waals surface area (Å²) in [7, 11) is -3.28. The van der Waals surface area contributed by atoms with Crippen LogP contribution in [0, 0.1) is 0 Å². The van der Waals surface area contributed by atoms with Crippen molar-refractivity contribution in [3.63, 3.8) is 0 Å². The Morgan fingerprint density at radius 2 is 1.77 bits per heavy atom. The number of nitrogens with zero attached hydrogens (tertiary/aromatic N) is 2. The van der Waals surface area contributed by atoms with Gasteiger partial charge in [0.15, 0.2) is 0 Å². The van der Waals surface area contributed by atoms with Crippen LogP contribution in [-0.4, -0.2) is 56.9 Å². The smallest absolute Gasteiger partial charge is 0.279 e. The van der Waals surface area contributed by atoms with Gasteiger partial charge in [0.25, 0.3) is 10.2 Å². The lowest BCUT2D eigenvalue weighted by Crippen LogP contribution is -2.52. The van der Waals surface area contributed by atoms with Gasteiger partial charge >= 0.3 is 0 Å². The Morgan fingerprint density at radius 1 is 1.14 bits per heavy atom. The summed E-state index contributed by atoms with van der Waals surface area (Å²) in [5.41, 5.74) is 1.29. The molecule has 5 nitrogen and oxygen atoms in total. The van der Waals surface area contributed by atoms with Gasteiger partial charge in [0.05, 0.1) is 0 Å². The van der Waals surface area contributed by atoms with Crippen molar-refractivity contribution in [1.82, 2.24) is 13.9 Å². The Bertz CT molecular complexity index is 555. The molecule has 2 rings (SSSR count). The largest absolute Gasteiger partial charge is 0.301 e. The van der Waals surface area contributed by atoms with Crippen molar-refractivity contribution < 1.29 is 8.42 Å². The minimum atomic E-state index is -3.28. The molecule has 1 aromatic carbocycles. The fourth-order valence-electron chi connectivity index (χ4n) is 2.63. The summed E-state index contributed by atoms with van der Waals surface area (Å²) >= 11 is 5.87. The fraction of sp³-hybridized carbons (Fsp3) is 0.600. The van der Waals surface area contributed by atoms with Gasteiger partial charge in [0, 0.05) is 37.7 Å². The number of rotatable bonds is 7. The van der Waals surface area contributed by atoms with Gasteiger partial charge in [-0.1, -0.05) is 30.7 Å². The maximum absolute atomic E-state index is 11.9. The van der Waals surface area contributed by atoms with Crippen LogP contribution in [0.15, 0.2) is 24.3 Å². The second-order valence-electron chi connectivity index (χ2n) is 5.47. The van der Waals surface area contributed by atoms with Crippen LogP contribution in [-0.2, 0) is 16.6 Å². The highest BCUT2D eigenvalue weighted by atomic mass is 35.5. The number of aryl methyl sites for hydroxylation is 1. The molecular weight excluding hydrogens is 322 g/mol. The summed E-state index contributed by atoms with van der Waals surface area (Å²) < 4.78 is 27.9. The lowest BCUT2D eigenvalue weighted by molar-refractivity contribution is 0.186. The van der Waals surface area contributed by atoms with Gasteiger partial charge in [0.1, 0.15) is 0 Å². The third-order valence-corrected chi connectivity index (χ3v) is 5.80. The maximum Gasteiger partial charge on any atom is 0.279 e. The third-order valence-electron chi connectivity index (χ3n) is 3.85. The molecule has 0 radical (unpaired) electrons. The molecule has 124 valence electrons. The summed E-state index contributed by atoms with van der Waals surface area (Å²) in [5, 5.41) is 0.766. The normalized spacial score (nSPS) is 17.7. The van der Waals surface area contributed by atoms with Crippen molar-refractivity contribution in [1.29, 1.82) is 0 Å². The fourth-order valence-corrected chi connectivity index (χ4v) is 3.94. The molecule has 0 atom stereocenters. The highest BCUT2D eigenvalue weighted by Crippen LogP contribution is 2.12. The van der Waals surface area contributed by atoms with Crippen molar-refractivity contribution in [3.8, 4) is 0 Å². The number of hydrogen-bond donors (Lipinski definition) is 1. The van der Waals surface area contributed by atoms with E-state index in [1.807, 2.05) is 12.1 Å². The number of hydrogen-bond acceptors (Lipinski definition) is 3. The summed E-state index contributed by atoms with van der Waals surface area (Å²) in [5.74, 6) is 0. The Morgan fingerprint density at radius 3 is 2.36 bits per heavy atom. The molecule has 0 bridgehead atoms. The molecule has 0 unspecified atom stereocenters. The van der Waals surface area contributed by atoms with E-state index >= 15 is 0 Å². The number of halogens is 1. The molecule has 7 heteroatoms. The first-order valence-corrected chi connectivity index (χ1v) is 9.54. The molecule has 0 amide bonds. The van der Waals surface area contributed by atoms with E-state index in [0.29, 0.717) is 19.6 Å². The van der Waals surface area contributed by atoms with Crippen LogP contribution in [0.3, 0.4) is 0 Å². The monoisotopic (exact) mass is 345 g/mol. The molecule has 22 heavy (non-hydrogen) atoms. The third kappa shape index (κ3) is 5.21. The average molecular weight is 346 g/mol. The summed E-state index contributed by atoms with van der Waals surface area (Å²) in [4.78, 5) is 2.33. The van der Waals surface area contributed by atoms with E-state index in [9.17, 15) is 8.42 Å². The lowest BCUT2D eigenvalue weighted by atomic mass is 10.1. The molecule has 1 heterocycles. The van der Waals surface area contributed by atoms with Gasteiger partial charge in [-0.25, -0.2) is 4.72 Å². The van der Waals surface area contributed by atoms with E-state index in [0.717, 1.165) is 37.5 Å². The van der Waals surface area contributed by atoms with E-state index < -0.39 is 10.2 Å². The molecule has 0 aromatic heterocycles. The van der Waals surface area contributed by atoms with Crippen molar-refractivity contribution >= 4 is 21.8 Å². The molecule has 1 aliphatic heterocycles. The van der Waals surface area contributed by atoms with Crippen molar-refractivity contribution in [2.24, 2.45) is 0 Å². The average Bonchev–Trinajstić information content (AvgIpc) is 2.50. The maximum atomic E-state index is 11.9. The zero-order valence-electron chi connectivity index (χ0n) is 13.0. The molecule has 1 fully saturated rings. The molecule has 0 spiro atoms. The second-order valence-corrected chi connectivity index (χ2v) is 7.67. The van der Waals surface area contributed by atoms with Crippen LogP contribution in [0.2, 0.25) is 5.02 Å². The van der Waals surface area contributed by atoms with Gasteiger partial charge in [-0.05, 0) is 37.1 Å². The molecular formula is C15H24ClN3O2S. The van der Waals surface area contributed by atoms with E-state index in [1.165, 1.54) is 9.87 Å². The van der Waals surface area contributed by atoms with Crippen molar-refractivity contribution in [2.75, 3.05) is 39.3 Å². The minimum Gasteiger partial charge on any atom is -0.301 e. The Kier molecular flexibility index (Phi) is 6.65. The predicted octanol–water partition coefficient (Wildman–Crippen LogP) is 1.74. The zero-order valence-corrected chi connectivity index (χ0v) is 14.5. The quantitative estimate of drug-likeness (QED) is 0.819. The Balaban J connectivity index is 1.70. The number of nitrogens with one attached hydrogen (secondary N) is 1. The van der Waals surface area contributed by atoms with Crippen LogP contribution in [0.4, 0.5) is 0 Å². The first-order chi connectivity index (χ1) is 10.5. The SMILES string of the molecule is CCNS(=O)(=O)N1CCN(CCCc2ccc(Cl)cc2)CC1. The van der Waals surface area contributed by atoms with Gasteiger partial charge in [0.2, 0.25) is 0 Å². The summed E-state index contributed by atoms with van der Waals surface area (Å²) in [6.45, 7) is 5.95. The number of piperazine rings is 1. The van der Waals surface area contributed by atoms with Crippen LogP contribution in [0.25, 0.3) is 0 Å². The first-order valence-electron chi connectivity index (χ1n) is 7.73. The van der Waals surface area contributed by atoms with Crippen LogP contribution < -0.4 is 4.72 Å². The first kappa shape index (κ1) is 17.7. The molecule has 1 aliphatic rings. The zero-order chi connectivity index (χ0) is 16.0. The van der Waals surface area contributed by atoms with E-state index in [1.54, 1.807) is 6.92 Å². The lowest BCUT2D eigenvalue weighted by Gasteiger charge is -2.33. The van der Waals surface area contributed by atoms with Gasteiger partial charge in [-0.15, -0.1) is 0 Å². The molecule has 1 aromatic rings. The van der Waals surface area contributed by atoms with Crippen LogP contribution in [0.1, 0.15) is 18.9 Å². The molecule has 0 saturated carbocycles. The van der Waals surface area contributed by atoms with Gasteiger partial charge in [-0.3, -0.25) is 0 Å². The standard InChI is InChI=1S/C15H24ClN3O2S/c1-2-17-22(20,21)19-12-10-18(11-13-19)9-3-4-14-5-7-15(16)8-6-14/h5-8,17H,2-4,9-13H2,1H3. The van der Waals surface area contributed by atoms with Crippen LogP contribution >= 0.6 is 11.6 Å². The highest BCUT2D eigenvalue weighted by Gasteiger charge is 2.25. The molecule has 0 aliphatic carbocycles. The summed E-state index contributed by atoms with van der Waals surface area (Å²) in [6, 6.07) is 7.95. The van der Waals surface area contributed by atoms with Crippen molar-refractivity contribution in [2.45, 2.75) is 19.8 Å². The van der Waals surface area contributed by atoms with Gasteiger partial charge < -0.3 is 4.90 Å². The molecule has 1 saturated heterocycles. The van der Waals surface area contributed by atoms with Gasteiger partial charge in [-0.2, -0.15) is 12.7 Å². The Hall–Kier alpha value is -0.660. The Labute approximate surface area is 138 Å². The minimum absolute atomic E-state index is 0.434. The second kappa shape index (κ2) is 8.26. The number of benzene rings is 1. The van der Waals surface area contributed by atoms with E-state index in [4.69, 9.17) is 11.6 Å². The topological polar surface area (TPSA) is 52.7 Å². The van der Waals surface area contributed by atoms with Crippen LogP contribution in [0.5, 0.6) is 0 Å². The summed E-state index contributed by atoms with van der Waals surface area (Å²) in [6.07, 6.45) is 2.09. The van der Waals surface area contributed by atoms with E-state index in [2.05, 4.69) is 21.8 Å². The highest BCUT2D eigenvalue weighted by molar-refractivity contribution is 7.87. The van der Waals surface area contributed by atoms with E-state index in [-0.39, 0.29) is 0 Å².